The summed E-state index contributed by atoms with van der Waals surface area (Å²) in [4.78, 5) is 44.1. The largest absolute Gasteiger partial charge is 0.379 e. The fourth-order valence-corrected chi connectivity index (χ4v) is 1.24. The minimum absolute atomic E-state index is 0. The van der Waals surface area contributed by atoms with Crippen LogP contribution in [-0.4, -0.2) is 75.3 Å². The SMILES string of the molecule is C.CC(=O)[B]C(=O)N(C)C.COC(C)C(C)(C)NC(=O)[B]C(C)=O. The Hall–Kier alpha value is -1.63. The summed E-state index contributed by atoms with van der Waals surface area (Å²) in [6, 6.07) is 0. The van der Waals surface area contributed by atoms with Crippen LogP contribution in [0.2, 0.25) is 0 Å². The van der Waals surface area contributed by atoms with Crippen molar-refractivity contribution >= 4 is 37.5 Å². The van der Waals surface area contributed by atoms with Gasteiger partial charge in [-0.3, -0.25) is 9.59 Å². The Balaban J connectivity index is -0.000000385. The molecule has 0 rings (SSSR count). The molecule has 0 aromatic rings. The fourth-order valence-electron chi connectivity index (χ4n) is 1.24. The highest BCUT2D eigenvalue weighted by molar-refractivity contribution is 6.97. The van der Waals surface area contributed by atoms with Gasteiger partial charge in [0.2, 0.25) is 0 Å². The van der Waals surface area contributed by atoms with Crippen LogP contribution < -0.4 is 5.32 Å². The Labute approximate surface area is 147 Å². The smallest absolute Gasteiger partial charge is 0.320 e. The number of carbonyl (C=O) groups is 4. The maximum absolute atomic E-state index is 11.2. The second kappa shape index (κ2) is 12.8. The van der Waals surface area contributed by atoms with Crippen molar-refractivity contribution in [2.45, 2.75) is 53.7 Å². The second-order valence-corrected chi connectivity index (χ2v) is 5.83. The molecule has 0 fully saturated rings. The van der Waals surface area contributed by atoms with Crippen molar-refractivity contribution in [1.29, 1.82) is 0 Å². The Morgan fingerprint density at radius 1 is 1.04 bits per heavy atom. The summed E-state index contributed by atoms with van der Waals surface area (Å²) in [6.07, 6.45) is -0.119. The van der Waals surface area contributed by atoms with E-state index in [-0.39, 0.29) is 36.5 Å². The van der Waals surface area contributed by atoms with Crippen LogP contribution in [0.3, 0.4) is 0 Å². The van der Waals surface area contributed by atoms with Crippen molar-refractivity contribution in [1.82, 2.24) is 10.2 Å². The lowest BCUT2D eigenvalue weighted by Gasteiger charge is -2.31. The minimum Gasteiger partial charge on any atom is -0.379 e. The molecule has 1 N–H and O–H groups in total. The molecular weight excluding hydrogens is 310 g/mol. The van der Waals surface area contributed by atoms with Gasteiger partial charge in [0.25, 0.3) is 0 Å². The maximum atomic E-state index is 11.2. The molecule has 0 aliphatic heterocycles. The van der Waals surface area contributed by atoms with Gasteiger partial charge in [0.1, 0.15) is 0 Å². The molecule has 1 atom stereocenters. The van der Waals surface area contributed by atoms with Crippen LogP contribution in [0.4, 0.5) is 9.59 Å². The van der Waals surface area contributed by atoms with Crippen molar-refractivity contribution in [2.24, 2.45) is 0 Å². The highest BCUT2D eigenvalue weighted by Crippen LogP contribution is 2.11. The first-order chi connectivity index (χ1) is 10.3. The Kier molecular flexibility index (Phi) is 14.5. The normalized spacial score (nSPS) is 10.8. The summed E-state index contributed by atoms with van der Waals surface area (Å²) < 4.78 is 5.11. The molecule has 136 valence electrons. The van der Waals surface area contributed by atoms with E-state index in [1.807, 2.05) is 20.8 Å². The average molecular weight is 340 g/mol. The highest BCUT2D eigenvalue weighted by atomic mass is 16.5. The third-order valence-corrected chi connectivity index (χ3v) is 2.92. The van der Waals surface area contributed by atoms with Gasteiger partial charge in [0.15, 0.2) is 11.6 Å². The number of amides is 2. The zero-order valence-corrected chi connectivity index (χ0v) is 15.2. The van der Waals surface area contributed by atoms with Gasteiger partial charge in [0, 0.05) is 21.2 Å². The number of ether oxygens (including phenoxy) is 1. The molecule has 0 saturated heterocycles. The first-order valence-corrected chi connectivity index (χ1v) is 7.10. The number of methoxy groups -OCH3 is 1. The molecule has 1 unspecified atom stereocenters. The van der Waals surface area contributed by atoms with Gasteiger partial charge in [-0.25, -0.2) is 0 Å². The van der Waals surface area contributed by atoms with Gasteiger partial charge in [-0.1, -0.05) is 7.43 Å². The van der Waals surface area contributed by atoms with Gasteiger partial charge in [-0.2, -0.15) is 0 Å². The average Bonchev–Trinajstić information content (AvgIpc) is 2.35. The molecule has 0 aliphatic rings. The number of nitrogens with zero attached hydrogens (tertiary/aromatic N) is 1. The van der Waals surface area contributed by atoms with E-state index in [9.17, 15) is 19.2 Å². The van der Waals surface area contributed by atoms with Gasteiger partial charge >= 0.3 is 14.6 Å². The van der Waals surface area contributed by atoms with Crippen LogP contribution >= 0.6 is 0 Å². The Morgan fingerprint density at radius 2 is 1.46 bits per heavy atom. The maximum Gasteiger partial charge on any atom is 0.320 e. The quantitative estimate of drug-likeness (QED) is 0.706. The molecule has 2 radical (unpaired) electrons. The monoisotopic (exact) mass is 340 g/mol. The highest BCUT2D eigenvalue weighted by Gasteiger charge is 2.28. The summed E-state index contributed by atoms with van der Waals surface area (Å²) in [5, 5.41) is 2.70. The molecule has 0 bridgehead atoms. The zero-order chi connectivity index (χ0) is 18.8. The van der Waals surface area contributed by atoms with E-state index in [2.05, 4.69) is 5.32 Å². The van der Waals surface area contributed by atoms with Crippen molar-refractivity contribution in [2.75, 3.05) is 21.2 Å². The van der Waals surface area contributed by atoms with E-state index in [1.165, 1.54) is 18.7 Å². The van der Waals surface area contributed by atoms with Crippen LogP contribution in [0.1, 0.15) is 42.0 Å². The standard InChI is InChI=1S/C9H17BNO3.C5H9BNO2.CH4/c1-6(14-5)9(3,4)11-8(13)10-7(2)12;1-4(8)6-5(9)7(2)3;/h6H,1-5H3,(H,11,13);1-3H3;1H4. The summed E-state index contributed by atoms with van der Waals surface area (Å²) >= 11 is 0. The molecule has 0 aromatic heterocycles. The van der Waals surface area contributed by atoms with Crippen LogP contribution in [-0.2, 0) is 14.3 Å². The lowest BCUT2D eigenvalue weighted by molar-refractivity contribution is -0.110. The summed E-state index contributed by atoms with van der Waals surface area (Å²) in [7, 11) is 6.86. The summed E-state index contributed by atoms with van der Waals surface area (Å²) in [6.45, 7) is 8.22. The van der Waals surface area contributed by atoms with Gasteiger partial charge in [0.05, 0.1) is 23.0 Å². The summed E-state index contributed by atoms with van der Waals surface area (Å²) in [5.74, 6) is -0.645. The van der Waals surface area contributed by atoms with E-state index in [0.29, 0.717) is 0 Å². The molecule has 2 amide bonds. The van der Waals surface area contributed by atoms with Crippen molar-refractivity contribution in [3.63, 3.8) is 0 Å². The lowest BCUT2D eigenvalue weighted by Crippen LogP contribution is -2.53. The van der Waals surface area contributed by atoms with Crippen LogP contribution in [0, 0.1) is 0 Å². The Bertz CT molecular complexity index is 440. The van der Waals surface area contributed by atoms with Gasteiger partial charge in [-0.05, 0) is 34.6 Å². The van der Waals surface area contributed by atoms with E-state index >= 15 is 0 Å². The number of hydrogen-bond acceptors (Lipinski definition) is 5. The molecule has 7 nitrogen and oxygen atoms in total. The molecular formula is C15H30B2N2O5. The molecule has 0 aliphatic carbocycles. The fraction of sp³-hybridized carbons (Fsp3) is 0.733. The van der Waals surface area contributed by atoms with E-state index in [1.54, 1.807) is 21.2 Å². The first-order valence-electron chi connectivity index (χ1n) is 7.10. The van der Waals surface area contributed by atoms with E-state index in [4.69, 9.17) is 4.74 Å². The summed E-state index contributed by atoms with van der Waals surface area (Å²) in [5.41, 5.74) is -0.963. The number of hydrogen-bond donors (Lipinski definition) is 1. The predicted molar refractivity (Wildman–Crippen MR) is 97.8 cm³/mol. The predicted octanol–water partition coefficient (Wildman–Crippen LogP) is 1.31. The van der Waals surface area contributed by atoms with Crippen molar-refractivity contribution in [3.8, 4) is 0 Å². The molecule has 0 spiro atoms. The van der Waals surface area contributed by atoms with E-state index < -0.39 is 5.54 Å². The van der Waals surface area contributed by atoms with Crippen LogP contribution in [0.5, 0.6) is 0 Å². The van der Waals surface area contributed by atoms with E-state index in [0.717, 1.165) is 14.6 Å². The molecule has 9 heteroatoms. The van der Waals surface area contributed by atoms with Crippen LogP contribution in [0.15, 0.2) is 0 Å². The third kappa shape index (κ3) is 14.0. The topological polar surface area (TPSA) is 92.8 Å². The lowest BCUT2D eigenvalue weighted by atomic mass is 9.72. The number of rotatable bonds is 7. The number of nitrogens with one attached hydrogen (secondary N) is 1. The molecule has 0 saturated carbocycles. The first kappa shape index (κ1) is 27.2. The third-order valence-electron chi connectivity index (χ3n) is 2.92. The van der Waals surface area contributed by atoms with Crippen molar-refractivity contribution in [3.05, 3.63) is 0 Å². The van der Waals surface area contributed by atoms with Crippen molar-refractivity contribution < 1.29 is 23.9 Å². The molecule has 0 heterocycles. The number of carbonyl (C=O) groups excluding carboxylic acids is 4. The minimum atomic E-state index is -0.488. The molecule has 24 heavy (non-hydrogen) atoms. The van der Waals surface area contributed by atoms with Gasteiger partial charge in [-0.15, -0.1) is 0 Å². The van der Waals surface area contributed by atoms with Crippen LogP contribution in [0.25, 0.3) is 0 Å². The molecule has 0 aromatic carbocycles. The second-order valence-electron chi connectivity index (χ2n) is 5.83. The Morgan fingerprint density at radius 3 is 1.71 bits per heavy atom. The zero-order valence-electron chi connectivity index (χ0n) is 15.2. The van der Waals surface area contributed by atoms with Gasteiger partial charge < -0.3 is 24.5 Å².